The van der Waals surface area contributed by atoms with Gasteiger partial charge in [-0.25, -0.2) is 4.68 Å². The highest BCUT2D eigenvalue weighted by Crippen LogP contribution is 2.29. The van der Waals surface area contributed by atoms with Crippen LogP contribution in [0.25, 0.3) is 21.8 Å². The Morgan fingerprint density at radius 3 is 2.65 bits per heavy atom. The largest absolute Gasteiger partial charge is 0.354 e. The molecule has 3 aromatic heterocycles. The maximum Gasteiger partial charge on any atom is 0.291 e. The molecule has 31 heavy (non-hydrogen) atoms. The Bertz CT molecular complexity index is 1340. The average Bonchev–Trinajstić information content (AvgIpc) is 3.24. The quantitative estimate of drug-likeness (QED) is 0.520. The van der Waals surface area contributed by atoms with E-state index in [-0.39, 0.29) is 11.5 Å². The minimum absolute atomic E-state index is 0.125. The first-order chi connectivity index (χ1) is 14.8. The Hall–Kier alpha value is -3.42. The van der Waals surface area contributed by atoms with Gasteiger partial charge in [0.2, 0.25) is 5.91 Å². The molecular formula is C23H28N6O2. The number of aryl methyl sites for hydroxylation is 3. The molecule has 0 radical (unpaired) electrons. The number of carbonyl (C=O) groups excluding carboxylic acids is 1. The minimum Gasteiger partial charge on any atom is -0.354 e. The number of aromatic nitrogens is 5. The van der Waals surface area contributed by atoms with Crippen molar-refractivity contribution in [1.29, 1.82) is 0 Å². The number of benzene rings is 1. The highest BCUT2D eigenvalue weighted by atomic mass is 16.2. The summed E-state index contributed by atoms with van der Waals surface area (Å²) in [6, 6.07) is 7.19. The first-order valence-electron chi connectivity index (χ1n) is 10.6. The molecular weight excluding hydrogens is 392 g/mol. The fraction of sp³-hybridized carbons (Fsp3) is 0.391. The van der Waals surface area contributed by atoms with Crippen LogP contribution in [0.4, 0.5) is 0 Å². The smallest absolute Gasteiger partial charge is 0.291 e. The van der Waals surface area contributed by atoms with Gasteiger partial charge in [-0.3, -0.25) is 14.3 Å². The van der Waals surface area contributed by atoms with Crippen molar-refractivity contribution in [2.24, 2.45) is 7.05 Å². The molecule has 0 aliphatic heterocycles. The predicted octanol–water partition coefficient (Wildman–Crippen LogP) is 2.64. The average molecular weight is 421 g/mol. The zero-order valence-corrected chi connectivity index (χ0v) is 18.6. The lowest BCUT2D eigenvalue weighted by molar-refractivity contribution is -0.123. The first-order valence-corrected chi connectivity index (χ1v) is 10.6. The monoisotopic (exact) mass is 420 g/mol. The Morgan fingerprint density at radius 1 is 1.19 bits per heavy atom. The number of hydrogen-bond donors (Lipinski definition) is 1. The molecule has 1 aromatic carbocycles. The van der Waals surface area contributed by atoms with Crippen LogP contribution in [0.3, 0.4) is 0 Å². The van der Waals surface area contributed by atoms with Crippen LogP contribution >= 0.6 is 0 Å². The summed E-state index contributed by atoms with van der Waals surface area (Å²) >= 11 is 0. The van der Waals surface area contributed by atoms with Gasteiger partial charge in [-0.15, -0.1) is 0 Å². The number of amides is 1. The van der Waals surface area contributed by atoms with Crippen molar-refractivity contribution in [1.82, 2.24) is 29.4 Å². The maximum absolute atomic E-state index is 13.1. The van der Waals surface area contributed by atoms with Crippen LogP contribution in [0.1, 0.15) is 36.8 Å². The summed E-state index contributed by atoms with van der Waals surface area (Å²) in [5.41, 5.74) is 4.44. The molecule has 4 rings (SSSR count). The Kier molecular flexibility index (Phi) is 5.39. The van der Waals surface area contributed by atoms with Gasteiger partial charge in [0.15, 0.2) is 0 Å². The van der Waals surface area contributed by atoms with E-state index in [4.69, 9.17) is 0 Å². The number of para-hydroxylation sites is 1. The van der Waals surface area contributed by atoms with E-state index < -0.39 is 6.04 Å². The first kappa shape index (κ1) is 20.8. The molecule has 0 aliphatic carbocycles. The second-order valence-corrected chi connectivity index (χ2v) is 7.90. The van der Waals surface area contributed by atoms with Crippen molar-refractivity contribution in [3.63, 3.8) is 0 Å². The Morgan fingerprint density at radius 2 is 1.94 bits per heavy atom. The lowest BCUT2D eigenvalue weighted by Crippen LogP contribution is -2.33. The van der Waals surface area contributed by atoms with E-state index in [1.165, 1.54) is 10.2 Å². The summed E-state index contributed by atoms with van der Waals surface area (Å²) in [5.74, 6) is -0.125. The zero-order chi connectivity index (χ0) is 22.3. The molecule has 0 saturated heterocycles. The van der Waals surface area contributed by atoms with Crippen LogP contribution in [0.5, 0.6) is 0 Å². The molecule has 3 heterocycles. The summed E-state index contributed by atoms with van der Waals surface area (Å²) in [5, 5.41) is 13.4. The highest BCUT2D eigenvalue weighted by Gasteiger charge is 2.23. The summed E-state index contributed by atoms with van der Waals surface area (Å²) in [7, 11) is 1.62. The molecule has 0 fully saturated rings. The number of nitrogens with zero attached hydrogens (tertiary/aromatic N) is 5. The molecule has 0 saturated carbocycles. The number of rotatable bonds is 6. The fourth-order valence-corrected chi connectivity index (χ4v) is 4.37. The summed E-state index contributed by atoms with van der Waals surface area (Å²) in [4.78, 5) is 26.0. The van der Waals surface area contributed by atoms with Gasteiger partial charge in [0, 0.05) is 36.6 Å². The van der Waals surface area contributed by atoms with Crippen LogP contribution in [0, 0.1) is 13.8 Å². The number of nitrogens with one attached hydrogen (secondary N) is 1. The molecule has 1 unspecified atom stereocenters. The lowest BCUT2D eigenvalue weighted by Gasteiger charge is -2.16. The Balaban J connectivity index is 1.63. The van der Waals surface area contributed by atoms with Crippen molar-refractivity contribution >= 4 is 27.7 Å². The standard InChI is InChI=1S/C23H28N6O2/c1-6-28-15(3)17(14(2)26-28)11-12-24-22(30)16(4)29-20-10-8-7-9-18(20)19-13-25-27(5)23(31)21(19)29/h7-10,13,16H,6,11-12H2,1-5H3,(H,24,30). The fourth-order valence-electron chi connectivity index (χ4n) is 4.37. The molecule has 162 valence electrons. The summed E-state index contributed by atoms with van der Waals surface area (Å²) < 4.78 is 5.12. The van der Waals surface area contributed by atoms with E-state index in [1.807, 2.05) is 47.4 Å². The van der Waals surface area contributed by atoms with Crippen molar-refractivity contribution in [3.8, 4) is 0 Å². The van der Waals surface area contributed by atoms with E-state index in [0.717, 1.165) is 40.6 Å². The molecule has 4 aromatic rings. The van der Waals surface area contributed by atoms with Crippen LogP contribution in [0.2, 0.25) is 0 Å². The van der Waals surface area contributed by atoms with Crippen LogP contribution in [-0.2, 0) is 24.8 Å². The second-order valence-electron chi connectivity index (χ2n) is 7.90. The van der Waals surface area contributed by atoms with Gasteiger partial charge in [-0.05, 0) is 45.7 Å². The van der Waals surface area contributed by atoms with Gasteiger partial charge in [0.1, 0.15) is 11.6 Å². The van der Waals surface area contributed by atoms with E-state index in [9.17, 15) is 9.59 Å². The van der Waals surface area contributed by atoms with Crippen molar-refractivity contribution in [2.45, 2.75) is 46.7 Å². The third-order valence-corrected chi connectivity index (χ3v) is 6.08. The molecule has 8 heteroatoms. The van der Waals surface area contributed by atoms with Crippen molar-refractivity contribution < 1.29 is 4.79 Å². The van der Waals surface area contributed by atoms with Crippen molar-refractivity contribution in [3.05, 3.63) is 57.8 Å². The molecule has 8 nitrogen and oxygen atoms in total. The molecule has 0 bridgehead atoms. The minimum atomic E-state index is -0.543. The second kappa shape index (κ2) is 8.02. The normalized spacial score (nSPS) is 12.5. The van der Waals surface area contributed by atoms with Crippen LogP contribution in [-0.4, -0.2) is 36.6 Å². The maximum atomic E-state index is 13.1. The van der Waals surface area contributed by atoms with Gasteiger partial charge >= 0.3 is 0 Å². The third kappa shape index (κ3) is 3.41. The van der Waals surface area contributed by atoms with Crippen molar-refractivity contribution in [2.75, 3.05) is 6.54 Å². The van der Waals surface area contributed by atoms with Gasteiger partial charge in [0.05, 0.1) is 17.4 Å². The van der Waals surface area contributed by atoms with E-state index in [2.05, 4.69) is 29.4 Å². The van der Waals surface area contributed by atoms with Crippen LogP contribution in [0.15, 0.2) is 35.3 Å². The van der Waals surface area contributed by atoms with E-state index in [1.54, 1.807) is 13.2 Å². The van der Waals surface area contributed by atoms with Gasteiger partial charge in [-0.1, -0.05) is 18.2 Å². The number of hydrogen-bond acceptors (Lipinski definition) is 4. The lowest BCUT2D eigenvalue weighted by atomic mass is 10.1. The molecule has 0 spiro atoms. The topological polar surface area (TPSA) is 86.7 Å². The van der Waals surface area contributed by atoms with E-state index in [0.29, 0.717) is 12.1 Å². The summed E-state index contributed by atoms with van der Waals surface area (Å²) in [6.45, 7) is 9.29. The molecule has 0 aliphatic rings. The Labute approximate surface area is 180 Å². The molecule has 1 N–H and O–H groups in total. The highest BCUT2D eigenvalue weighted by molar-refractivity contribution is 6.08. The number of carbonyl (C=O) groups is 1. The molecule has 1 amide bonds. The van der Waals surface area contributed by atoms with Gasteiger partial charge in [-0.2, -0.15) is 10.2 Å². The van der Waals surface area contributed by atoms with Gasteiger partial charge < -0.3 is 9.88 Å². The molecule has 1 atom stereocenters. The van der Waals surface area contributed by atoms with Crippen LogP contribution < -0.4 is 10.9 Å². The number of fused-ring (bicyclic) bond motifs is 3. The SMILES string of the molecule is CCn1nc(C)c(CCNC(=O)C(C)n2c3ccccc3c3cnn(C)c(=O)c32)c1C. The van der Waals surface area contributed by atoms with E-state index >= 15 is 0 Å². The summed E-state index contributed by atoms with van der Waals surface area (Å²) in [6.07, 6.45) is 2.41. The van der Waals surface area contributed by atoms with Gasteiger partial charge in [0.25, 0.3) is 5.56 Å². The zero-order valence-electron chi connectivity index (χ0n) is 18.6. The predicted molar refractivity (Wildman–Crippen MR) is 121 cm³/mol. The third-order valence-electron chi connectivity index (χ3n) is 6.08.